The van der Waals surface area contributed by atoms with Crippen LogP contribution in [0, 0.1) is 6.92 Å². The first-order valence-electron chi connectivity index (χ1n) is 7.87. The number of aryl methyl sites for hydroxylation is 1. The van der Waals surface area contributed by atoms with Crippen LogP contribution in [0.4, 0.5) is 0 Å². The Morgan fingerprint density at radius 1 is 1.23 bits per heavy atom. The summed E-state index contributed by atoms with van der Waals surface area (Å²) in [6, 6.07) is 8.48. The number of carbonyl (C=O) groups is 2. The first kappa shape index (κ1) is 17.9. The third-order valence-corrected chi connectivity index (χ3v) is 4.59. The molecule has 2 aromatic heterocycles. The van der Waals surface area contributed by atoms with Gasteiger partial charge in [0.15, 0.2) is 17.3 Å². The van der Waals surface area contributed by atoms with E-state index in [4.69, 9.17) is 13.9 Å². The minimum Gasteiger partial charge on any atom is -0.493 e. The number of esters is 1. The predicted molar refractivity (Wildman–Crippen MR) is 96.9 cm³/mol. The maximum atomic E-state index is 12.3. The third-order valence-electron chi connectivity index (χ3n) is 3.73. The molecule has 0 fully saturated rings. The smallest absolute Gasteiger partial charge is 0.317 e. The van der Waals surface area contributed by atoms with Gasteiger partial charge in [-0.25, -0.2) is 4.98 Å². The Morgan fingerprint density at radius 2 is 2.04 bits per heavy atom. The molecule has 0 bridgehead atoms. The molecule has 0 aliphatic rings. The maximum absolute atomic E-state index is 12.3. The number of rotatable bonds is 6. The van der Waals surface area contributed by atoms with Crippen molar-refractivity contribution in [1.29, 1.82) is 0 Å². The molecule has 0 N–H and O–H groups in total. The average molecular weight is 371 g/mol. The van der Waals surface area contributed by atoms with Gasteiger partial charge in [-0.1, -0.05) is 6.07 Å². The molecule has 0 radical (unpaired) electrons. The number of ether oxygens (including phenoxy) is 2. The fraction of sp³-hybridized carbons (Fsp3) is 0.211. The second kappa shape index (κ2) is 7.53. The van der Waals surface area contributed by atoms with Crippen molar-refractivity contribution in [2.24, 2.45) is 0 Å². The first-order valence-corrected chi connectivity index (χ1v) is 8.75. The SMILES string of the molecule is COc1cc(C(C)=O)ccc1OC(=O)Cc1nc(-c2cccs2)oc1C. The van der Waals surface area contributed by atoms with E-state index in [2.05, 4.69) is 4.98 Å². The standard InChI is InChI=1S/C19H17NO5S/c1-11(21)13-6-7-15(16(9-13)23-3)25-18(22)10-14-12(2)24-19(20-14)17-5-4-8-26-17/h4-9H,10H2,1-3H3. The number of Topliss-reactive ketones (excluding diaryl/α,β-unsaturated/α-hetero) is 1. The van der Waals surface area contributed by atoms with E-state index in [1.165, 1.54) is 25.4 Å². The minimum atomic E-state index is -0.493. The van der Waals surface area contributed by atoms with Crippen molar-refractivity contribution in [2.75, 3.05) is 7.11 Å². The van der Waals surface area contributed by atoms with E-state index in [1.54, 1.807) is 25.1 Å². The summed E-state index contributed by atoms with van der Waals surface area (Å²) in [6.45, 7) is 3.22. The summed E-state index contributed by atoms with van der Waals surface area (Å²) in [5.41, 5.74) is 1.01. The van der Waals surface area contributed by atoms with Gasteiger partial charge in [-0.2, -0.15) is 0 Å². The maximum Gasteiger partial charge on any atom is 0.317 e. The van der Waals surface area contributed by atoms with E-state index in [-0.39, 0.29) is 18.0 Å². The summed E-state index contributed by atoms with van der Waals surface area (Å²) in [7, 11) is 1.45. The summed E-state index contributed by atoms with van der Waals surface area (Å²) in [4.78, 5) is 29.0. The highest BCUT2D eigenvalue weighted by Crippen LogP contribution is 2.29. The molecule has 0 aliphatic heterocycles. The highest BCUT2D eigenvalue weighted by molar-refractivity contribution is 7.13. The van der Waals surface area contributed by atoms with Crippen LogP contribution in [0.3, 0.4) is 0 Å². The zero-order chi connectivity index (χ0) is 18.7. The van der Waals surface area contributed by atoms with Crippen LogP contribution < -0.4 is 9.47 Å². The Bertz CT molecular complexity index is 943. The molecule has 1 aromatic carbocycles. The summed E-state index contributed by atoms with van der Waals surface area (Å²) in [6.07, 6.45) is -0.0294. The molecule has 0 unspecified atom stereocenters. The van der Waals surface area contributed by atoms with Crippen molar-refractivity contribution >= 4 is 23.1 Å². The van der Waals surface area contributed by atoms with Gasteiger partial charge in [0.1, 0.15) is 5.76 Å². The third kappa shape index (κ3) is 3.83. The zero-order valence-corrected chi connectivity index (χ0v) is 15.4. The molecule has 7 heteroatoms. The number of aromatic nitrogens is 1. The van der Waals surface area contributed by atoms with E-state index in [0.29, 0.717) is 28.7 Å². The van der Waals surface area contributed by atoms with Gasteiger partial charge in [-0.05, 0) is 43.5 Å². The number of nitrogens with zero attached hydrogens (tertiary/aromatic N) is 1. The summed E-state index contributed by atoms with van der Waals surface area (Å²) in [5, 5.41) is 1.93. The number of thiophene rings is 1. The molecule has 2 heterocycles. The van der Waals surface area contributed by atoms with Gasteiger partial charge < -0.3 is 13.9 Å². The highest BCUT2D eigenvalue weighted by atomic mass is 32.1. The van der Waals surface area contributed by atoms with E-state index in [1.807, 2.05) is 17.5 Å². The average Bonchev–Trinajstić information content (AvgIpc) is 3.25. The molecule has 6 nitrogen and oxygen atoms in total. The predicted octanol–water partition coefficient (Wildman–Crippen LogP) is 4.07. The number of methoxy groups -OCH3 is 1. The molecule has 0 atom stereocenters. The number of hydrogen-bond acceptors (Lipinski definition) is 7. The zero-order valence-electron chi connectivity index (χ0n) is 14.6. The van der Waals surface area contributed by atoms with Gasteiger partial charge in [0.25, 0.3) is 0 Å². The molecule has 134 valence electrons. The molecule has 0 amide bonds. The van der Waals surface area contributed by atoms with E-state index in [9.17, 15) is 9.59 Å². The Labute approximate surface area is 154 Å². The number of hydrogen-bond donors (Lipinski definition) is 0. The first-order chi connectivity index (χ1) is 12.5. The van der Waals surface area contributed by atoms with Gasteiger partial charge in [-0.3, -0.25) is 9.59 Å². The highest BCUT2D eigenvalue weighted by Gasteiger charge is 2.18. The van der Waals surface area contributed by atoms with Crippen molar-refractivity contribution in [1.82, 2.24) is 4.98 Å². The van der Waals surface area contributed by atoms with Crippen LogP contribution in [0.2, 0.25) is 0 Å². The minimum absolute atomic E-state index is 0.0294. The van der Waals surface area contributed by atoms with Crippen molar-refractivity contribution in [3.8, 4) is 22.3 Å². The monoisotopic (exact) mass is 371 g/mol. The largest absolute Gasteiger partial charge is 0.493 e. The van der Waals surface area contributed by atoms with Crippen molar-refractivity contribution in [2.45, 2.75) is 20.3 Å². The van der Waals surface area contributed by atoms with E-state index < -0.39 is 5.97 Å². The fourth-order valence-corrected chi connectivity index (χ4v) is 3.01. The lowest BCUT2D eigenvalue weighted by Crippen LogP contribution is -2.13. The van der Waals surface area contributed by atoms with Gasteiger partial charge in [0, 0.05) is 5.56 Å². The van der Waals surface area contributed by atoms with Gasteiger partial charge in [0.2, 0.25) is 5.89 Å². The molecule has 3 rings (SSSR count). The number of benzene rings is 1. The lowest BCUT2D eigenvalue weighted by molar-refractivity contribution is -0.133. The fourth-order valence-electron chi connectivity index (χ4n) is 2.36. The van der Waals surface area contributed by atoms with Crippen molar-refractivity contribution in [3.05, 3.63) is 52.7 Å². The second-order valence-electron chi connectivity index (χ2n) is 5.57. The Hall–Kier alpha value is -2.93. The topological polar surface area (TPSA) is 78.6 Å². The molecular formula is C19H17NO5S. The van der Waals surface area contributed by atoms with Crippen LogP contribution in [-0.4, -0.2) is 23.8 Å². The van der Waals surface area contributed by atoms with Gasteiger partial charge in [0.05, 0.1) is 24.1 Å². The van der Waals surface area contributed by atoms with Crippen LogP contribution in [0.1, 0.15) is 28.7 Å². The lowest BCUT2D eigenvalue weighted by atomic mass is 10.1. The Kier molecular flexibility index (Phi) is 5.18. The van der Waals surface area contributed by atoms with Crippen LogP contribution in [-0.2, 0) is 11.2 Å². The van der Waals surface area contributed by atoms with Gasteiger partial charge in [-0.15, -0.1) is 11.3 Å². The van der Waals surface area contributed by atoms with Gasteiger partial charge >= 0.3 is 5.97 Å². The molecule has 3 aromatic rings. The summed E-state index contributed by atoms with van der Waals surface area (Å²) >= 11 is 1.51. The molecule has 0 saturated heterocycles. The molecule has 26 heavy (non-hydrogen) atoms. The van der Waals surface area contributed by atoms with Crippen LogP contribution in [0.15, 0.2) is 40.1 Å². The van der Waals surface area contributed by atoms with Crippen LogP contribution in [0.25, 0.3) is 10.8 Å². The van der Waals surface area contributed by atoms with Crippen molar-refractivity contribution in [3.63, 3.8) is 0 Å². The van der Waals surface area contributed by atoms with E-state index in [0.717, 1.165) is 4.88 Å². The molecule has 0 saturated carbocycles. The Morgan fingerprint density at radius 3 is 2.69 bits per heavy atom. The summed E-state index contributed by atoms with van der Waals surface area (Å²) in [5.74, 6) is 1.05. The Balaban J connectivity index is 1.74. The molecule has 0 spiro atoms. The van der Waals surface area contributed by atoms with Crippen LogP contribution in [0.5, 0.6) is 11.5 Å². The summed E-state index contributed by atoms with van der Waals surface area (Å²) < 4.78 is 16.2. The second-order valence-corrected chi connectivity index (χ2v) is 6.52. The lowest BCUT2D eigenvalue weighted by Gasteiger charge is -2.09. The molecule has 0 aliphatic carbocycles. The van der Waals surface area contributed by atoms with Crippen LogP contribution >= 0.6 is 11.3 Å². The quantitative estimate of drug-likeness (QED) is 0.369. The molecular weight excluding hydrogens is 354 g/mol. The van der Waals surface area contributed by atoms with Crippen molar-refractivity contribution < 1.29 is 23.5 Å². The normalized spacial score (nSPS) is 10.6. The number of oxazole rings is 1. The number of ketones is 1. The van der Waals surface area contributed by atoms with E-state index >= 15 is 0 Å². The number of carbonyl (C=O) groups excluding carboxylic acids is 2.